The number of benzene rings is 2. The van der Waals surface area contributed by atoms with Crippen molar-refractivity contribution in [1.82, 2.24) is 0 Å². The zero-order chi connectivity index (χ0) is 15.7. The van der Waals surface area contributed by atoms with E-state index in [0.717, 1.165) is 6.07 Å². The molecule has 0 aliphatic carbocycles. The Kier molecular flexibility index (Phi) is 3.81. The van der Waals surface area contributed by atoms with Crippen molar-refractivity contribution in [3.05, 3.63) is 52.3 Å². The molecule has 5 nitrogen and oxygen atoms in total. The van der Waals surface area contributed by atoms with Gasteiger partial charge in [0.05, 0.1) is 11.3 Å². The van der Waals surface area contributed by atoms with Crippen molar-refractivity contribution in [3.63, 3.8) is 0 Å². The summed E-state index contributed by atoms with van der Waals surface area (Å²) < 4.78 is 19.0. The topological polar surface area (TPSA) is 67.4 Å². The van der Waals surface area contributed by atoms with E-state index in [2.05, 4.69) is 26.6 Å². The van der Waals surface area contributed by atoms with E-state index in [4.69, 9.17) is 4.74 Å². The Morgan fingerprint density at radius 1 is 1.27 bits per heavy atom. The van der Waals surface area contributed by atoms with E-state index in [1.165, 1.54) is 12.1 Å². The van der Waals surface area contributed by atoms with Crippen LogP contribution in [0.1, 0.15) is 10.4 Å². The van der Waals surface area contributed by atoms with Crippen LogP contribution in [-0.4, -0.2) is 18.4 Å². The van der Waals surface area contributed by atoms with Gasteiger partial charge >= 0.3 is 0 Å². The maximum atomic E-state index is 13.2. The standard InChI is InChI=1S/C15H10BrFN2O3/c16-11-3-1-8(17)5-10(11)15(21)18-9-2-4-13-12(6-9)19-14(20)7-22-13/h1-6H,7H2,(H,18,21)(H,19,20). The van der Waals surface area contributed by atoms with Gasteiger partial charge in [0.15, 0.2) is 6.61 Å². The Morgan fingerprint density at radius 3 is 2.91 bits per heavy atom. The molecule has 1 heterocycles. The summed E-state index contributed by atoms with van der Waals surface area (Å²) in [4.78, 5) is 23.5. The first-order chi connectivity index (χ1) is 10.5. The molecule has 22 heavy (non-hydrogen) atoms. The lowest BCUT2D eigenvalue weighted by Crippen LogP contribution is -2.25. The second kappa shape index (κ2) is 5.76. The molecular weight excluding hydrogens is 355 g/mol. The number of carbonyl (C=O) groups excluding carboxylic acids is 2. The highest BCUT2D eigenvalue weighted by molar-refractivity contribution is 9.10. The smallest absolute Gasteiger partial charge is 0.262 e. The Labute approximate surface area is 133 Å². The summed E-state index contributed by atoms with van der Waals surface area (Å²) in [5, 5.41) is 5.30. The van der Waals surface area contributed by atoms with Gasteiger partial charge in [0, 0.05) is 10.2 Å². The van der Waals surface area contributed by atoms with E-state index in [0.29, 0.717) is 21.6 Å². The van der Waals surface area contributed by atoms with Gasteiger partial charge in [0.1, 0.15) is 11.6 Å². The van der Waals surface area contributed by atoms with E-state index < -0.39 is 11.7 Å². The van der Waals surface area contributed by atoms with Gasteiger partial charge in [-0.25, -0.2) is 4.39 Å². The lowest BCUT2D eigenvalue weighted by atomic mass is 10.2. The minimum absolute atomic E-state index is 0.0328. The van der Waals surface area contributed by atoms with Crippen LogP contribution in [0.4, 0.5) is 15.8 Å². The summed E-state index contributed by atoms with van der Waals surface area (Å²) in [6, 6.07) is 8.73. The molecule has 1 aliphatic heterocycles. The summed E-state index contributed by atoms with van der Waals surface area (Å²) in [6.45, 7) is -0.0328. The molecule has 0 spiro atoms. The average molecular weight is 365 g/mol. The third kappa shape index (κ3) is 2.94. The molecule has 2 aromatic carbocycles. The van der Waals surface area contributed by atoms with E-state index >= 15 is 0 Å². The number of hydrogen-bond donors (Lipinski definition) is 2. The molecule has 0 radical (unpaired) electrons. The molecule has 0 fully saturated rings. The molecule has 0 aromatic heterocycles. The minimum atomic E-state index is -0.501. The Bertz CT molecular complexity index is 779. The first kappa shape index (κ1) is 14.5. The quantitative estimate of drug-likeness (QED) is 0.859. The Morgan fingerprint density at radius 2 is 2.09 bits per heavy atom. The van der Waals surface area contributed by atoms with Crippen LogP contribution >= 0.6 is 15.9 Å². The number of anilines is 2. The molecule has 3 rings (SSSR count). The van der Waals surface area contributed by atoms with Crippen LogP contribution in [0.3, 0.4) is 0 Å². The van der Waals surface area contributed by atoms with Crippen LogP contribution in [0.2, 0.25) is 0 Å². The predicted octanol–water partition coefficient (Wildman–Crippen LogP) is 3.17. The summed E-state index contributed by atoms with van der Waals surface area (Å²) in [7, 11) is 0. The number of nitrogens with one attached hydrogen (secondary N) is 2. The molecule has 0 saturated carbocycles. The minimum Gasteiger partial charge on any atom is -0.482 e. The van der Waals surface area contributed by atoms with Crippen LogP contribution in [0.25, 0.3) is 0 Å². The highest BCUT2D eigenvalue weighted by Gasteiger charge is 2.17. The first-order valence-corrected chi connectivity index (χ1v) is 7.15. The predicted molar refractivity (Wildman–Crippen MR) is 82.6 cm³/mol. The fraction of sp³-hybridized carbons (Fsp3) is 0.0667. The van der Waals surface area contributed by atoms with E-state index in [1.54, 1.807) is 18.2 Å². The van der Waals surface area contributed by atoms with Crippen LogP contribution < -0.4 is 15.4 Å². The van der Waals surface area contributed by atoms with Crippen molar-refractivity contribution in [2.24, 2.45) is 0 Å². The number of fused-ring (bicyclic) bond motifs is 1. The summed E-state index contributed by atoms with van der Waals surface area (Å²) >= 11 is 3.21. The zero-order valence-electron chi connectivity index (χ0n) is 11.2. The molecule has 1 aliphatic rings. The molecular formula is C15H10BrFN2O3. The monoisotopic (exact) mass is 364 g/mol. The zero-order valence-corrected chi connectivity index (χ0v) is 12.7. The molecule has 2 aromatic rings. The van der Waals surface area contributed by atoms with Gasteiger partial charge in [0.2, 0.25) is 0 Å². The maximum Gasteiger partial charge on any atom is 0.262 e. The highest BCUT2D eigenvalue weighted by Crippen LogP contribution is 2.30. The maximum absolute atomic E-state index is 13.2. The molecule has 2 N–H and O–H groups in total. The van der Waals surface area contributed by atoms with Gasteiger partial charge in [0.25, 0.3) is 11.8 Å². The van der Waals surface area contributed by atoms with Crippen molar-refractivity contribution in [2.45, 2.75) is 0 Å². The van der Waals surface area contributed by atoms with Crippen molar-refractivity contribution in [1.29, 1.82) is 0 Å². The molecule has 112 valence electrons. The van der Waals surface area contributed by atoms with Crippen molar-refractivity contribution in [3.8, 4) is 5.75 Å². The number of halogens is 2. The molecule has 2 amide bonds. The fourth-order valence-electron chi connectivity index (χ4n) is 2.03. The van der Waals surface area contributed by atoms with Gasteiger partial charge in [-0.15, -0.1) is 0 Å². The fourth-order valence-corrected chi connectivity index (χ4v) is 2.46. The number of rotatable bonds is 2. The first-order valence-electron chi connectivity index (χ1n) is 6.36. The Balaban J connectivity index is 1.84. The number of carbonyl (C=O) groups is 2. The van der Waals surface area contributed by atoms with Crippen molar-refractivity contribution >= 4 is 39.1 Å². The third-order valence-corrected chi connectivity index (χ3v) is 3.73. The summed E-state index contributed by atoms with van der Waals surface area (Å²) in [5.74, 6) is -0.692. The van der Waals surface area contributed by atoms with Crippen molar-refractivity contribution < 1.29 is 18.7 Å². The van der Waals surface area contributed by atoms with Crippen LogP contribution in [0.15, 0.2) is 40.9 Å². The van der Waals surface area contributed by atoms with Gasteiger partial charge in [-0.2, -0.15) is 0 Å². The SMILES string of the molecule is O=C1COc2ccc(NC(=O)c3cc(F)ccc3Br)cc2N1. The van der Waals surface area contributed by atoms with E-state index in [-0.39, 0.29) is 18.1 Å². The van der Waals surface area contributed by atoms with Crippen LogP contribution in [0, 0.1) is 5.82 Å². The third-order valence-electron chi connectivity index (χ3n) is 3.04. The van der Waals surface area contributed by atoms with E-state index in [9.17, 15) is 14.0 Å². The van der Waals surface area contributed by atoms with Crippen LogP contribution in [-0.2, 0) is 4.79 Å². The van der Waals surface area contributed by atoms with Crippen molar-refractivity contribution in [2.75, 3.05) is 17.2 Å². The number of hydrogen-bond acceptors (Lipinski definition) is 3. The van der Waals surface area contributed by atoms with Crippen LogP contribution in [0.5, 0.6) is 5.75 Å². The van der Waals surface area contributed by atoms with E-state index in [1.807, 2.05) is 0 Å². The molecule has 0 saturated heterocycles. The lowest BCUT2D eigenvalue weighted by Gasteiger charge is -2.18. The number of amides is 2. The second-order valence-corrected chi connectivity index (χ2v) is 5.48. The molecule has 0 bridgehead atoms. The highest BCUT2D eigenvalue weighted by atomic mass is 79.9. The van der Waals surface area contributed by atoms with Gasteiger partial charge in [-0.05, 0) is 52.3 Å². The number of ether oxygens (including phenoxy) is 1. The second-order valence-electron chi connectivity index (χ2n) is 4.63. The molecule has 7 heteroatoms. The summed E-state index contributed by atoms with van der Waals surface area (Å²) in [5.41, 5.74) is 1.12. The average Bonchev–Trinajstić information content (AvgIpc) is 2.49. The normalized spacial score (nSPS) is 12.9. The van der Waals surface area contributed by atoms with Gasteiger partial charge in [-0.1, -0.05) is 0 Å². The van der Waals surface area contributed by atoms with Gasteiger partial charge < -0.3 is 15.4 Å². The Hall–Kier alpha value is -2.41. The lowest BCUT2D eigenvalue weighted by molar-refractivity contribution is -0.118. The molecule has 0 unspecified atom stereocenters. The summed E-state index contributed by atoms with van der Waals surface area (Å²) in [6.07, 6.45) is 0. The molecule has 0 atom stereocenters. The van der Waals surface area contributed by atoms with Gasteiger partial charge in [-0.3, -0.25) is 9.59 Å². The largest absolute Gasteiger partial charge is 0.482 e.